The molecule has 1 unspecified atom stereocenters. The lowest BCUT2D eigenvalue weighted by atomic mass is 10.2. The number of hydrogen-bond donors (Lipinski definition) is 3. The van der Waals surface area contributed by atoms with Crippen LogP contribution in [0.15, 0.2) is 36.4 Å². The lowest BCUT2D eigenvalue weighted by Gasteiger charge is -2.14. The van der Waals surface area contributed by atoms with Gasteiger partial charge in [0.15, 0.2) is 0 Å². The molecule has 1 atom stereocenters. The summed E-state index contributed by atoms with van der Waals surface area (Å²) in [5, 5.41) is 7.60. The second-order valence-electron chi connectivity index (χ2n) is 5.29. The molecule has 2 rings (SSSR count). The van der Waals surface area contributed by atoms with Crippen molar-refractivity contribution in [2.45, 2.75) is 13.0 Å². The number of rotatable bonds is 6. The Hall–Kier alpha value is -2.42. The van der Waals surface area contributed by atoms with Gasteiger partial charge in [-0.15, -0.1) is 11.3 Å². The van der Waals surface area contributed by atoms with Gasteiger partial charge in [0.05, 0.1) is 4.34 Å². The Labute approximate surface area is 159 Å². The van der Waals surface area contributed by atoms with Gasteiger partial charge in [0.1, 0.15) is 6.10 Å². The lowest BCUT2D eigenvalue weighted by molar-refractivity contribution is -0.136. The Morgan fingerprint density at radius 2 is 1.81 bits per heavy atom. The van der Waals surface area contributed by atoms with Crippen LogP contribution in [0, 0.1) is 0 Å². The van der Waals surface area contributed by atoms with Crippen LogP contribution in [0.5, 0.6) is 0 Å². The average molecular weight is 396 g/mol. The molecule has 138 valence electrons. The molecule has 0 radical (unpaired) electrons. The predicted molar refractivity (Wildman–Crippen MR) is 101 cm³/mol. The maximum atomic E-state index is 12.0. The molecule has 1 aromatic carbocycles. The van der Waals surface area contributed by atoms with Gasteiger partial charge in [0, 0.05) is 36.8 Å². The van der Waals surface area contributed by atoms with E-state index in [1.807, 2.05) is 0 Å². The first-order valence-corrected chi connectivity index (χ1v) is 8.83. The predicted octanol–water partition coefficient (Wildman–Crippen LogP) is 2.80. The summed E-state index contributed by atoms with van der Waals surface area (Å²) in [4.78, 5) is 35.9. The fourth-order valence-corrected chi connectivity index (χ4v) is 3.27. The van der Waals surface area contributed by atoms with E-state index in [9.17, 15) is 14.4 Å². The van der Waals surface area contributed by atoms with E-state index in [-0.39, 0.29) is 12.5 Å². The Balaban J connectivity index is 1.91. The first-order valence-electron chi connectivity index (χ1n) is 7.64. The summed E-state index contributed by atoms with van der Waals surface area (Å²) in [6.07, 6.45) is -0.396. The summed E-state index contributed by atoms with van der Waals surface area (Å²) in [6, 6.07) is 10.0. The number of hydrogen-bond acceptors (Lipinski definition) is 5. The molecule has 3 amide bonds. The van der Waals surface area contributed by atoms with Gasteiger partial charge in [-0.3, -0.25) is 14.4 Å². The summed E-state index contributed by atoms with van der Waals surface area (Å²) in [5.74, 6) is -1.84. The van der Waals surface area contributed by atoms with E-state index >= 15 is 0 Å². The highest BCUT2D eigenvalue weighted by molar-refractivity contribution is 7.16. The zero-order valence-corrected chi connectivity index (χ0v) is 15.7. The average Bonchev–Trinajstić information content (AvgIpc) is 3.01. The fraction of sp³-hybridized carbons (Fsp3) is 0.235. The minimum absolute atomic E-state index is 0.130. The standard InChI is InChI=1S/C17H18ClN3O4S/c1-10(22)20-11-4-3-5-12(8-11)21-17(24)16(23)19-9-13(25-2)14-6-7-15(18)26-14/h3-8,13H,9H2,1-2H3,(H,19,23)(H,20,22)(H,21,24). The van der Waals surface area contributed by atoms with Crippen molar-refractivity contribution < 1.29 is 19.1 Å². The molecule has 0 saturated carbocycles. The first kappa shape index (κ1) is 19.9. The van der Waals surface area contributed by atoms with Crippen molar-refractivity contribution in [2.24, 2.45) is 0 Å². The Morgan fingerprint density at radius 3 is 2.38 bits per heavy atom. The molecule has 1 heterocycles. The third-order valence-corrected chi connectivity index (χ3v) is 4.61. The number of carbonyl (C=O) groups is 3. The first-order chi connectivity index (χ1) is 12.4. The molecule has 3 N–H and O–H groups in total. The number of methoxy groups -OCH3 is 1. The molecular formula is C17H18ClN3O4S. The minimum Gasteiger partial charge on any atom is -0.374 e. The van der Waals surface area contributed by atoms with E-state index in [1.165, 1.54) is 25.4 Å². The van der Waals surface area contributed by atoms with Crippen LogP contribution in [0.4, 0.5) is 11.4 Å². The van der Waals surface area contributed by atoms with E-state index in [4.69, 9.17) is 16.3 Å². The number of amides is 3. The topological polar surface area (TPSA) is 96.5 Å². The number of halogens is 1. The molecular weight excluding hydrogens is 378 g/mol. The maximum absolute atomic E-state index is 12.0. The van der Waals surface area contributed by atoms with Crippen molar-refractivity contribution in [3.05, 3.63) is 45.6 Å². The summed E-state index contributed by atoms with van der Waals surface area (Å²) in [5.41, 5.74) is 0.912. The molecule has 0 spiro atoms. The highest BCUT2D eigenvalue weighted by Crippen LogP contribution is 2.28. The largest absolute Gasteiger partial charge is 0.374 e. The van der Waals surface area contributed by atoms with Crippen molar-refractivity contribution >= 4 is 52.0 Å². The van der Waals surface area contributed by atoms with Gasteiger partial charge in [-0.05, 0) is 30.3 Å². The van der Waals surface area contributed by atoms with E-state index in [1.54, 1.807) is 36.4 Å². The van der Waals surface area contributed by atoms with Crippen LogP contribution in [0.1, 0.15) is 17.9 Å². The van der Waals surface area contributed by atoms with Crippen LogP contribution in [-0.4, -0.2) is 31.4 Å². The number of thiophene rings is 1. The summed E-state index contributed by atoms with van der Waals surface area (Å²) >= 11 is 7.24. The molecule has 0 aliphatic carbocycles. The minimum atomic E-state index is -0.816. The van der Waals surface area contributed by atoms with Gasteiger partial charge in [-0.25, -0.2) is 0 Å². The summed E-state index contributed by atoms with van der Waals surface area (Å²) in [7, 11) is 1.51. The summed E-state index contributed by atoms with van der Waals surface area (Å²) in [6.45, 7) is 1.51. The number of anilines is 2. The molecule has 0 aliphatic heterocycles. The highest BCUT2D eigenvalue weighted by atomic mass is 35.5. The van der Waals surface area contributed by atoms with Crippen LogP contribution in [-0.2, 0) is 19.1 Å². The van der Waals surface area contributed by atoms with Gasteiger partial charge >= 0.3 is 11.8 Å². The molecule has 26 heavy (non-hydrogen) atoms. The van der Waals surface area contributed by atoms with Gasteiger partial charge in [-0.2, -0.15) is 0 Å². The van der Waals surface area contributed by atoms with Crippen molar-refractivity contribution in [1.29, 1.82) is 0 Å². The van der Waals surface area contributed by atoms with E-state index in [2.05, 4.69) is 16.0 Å². The van der Waals surface area contributed by atoms with Crippen molar-refractivity contribution in [1.82, 2.24) is 5.32 Å². The van der Waals surface area contributed by atoms with Crippen LogP contribution in [0.2, 0.25) is 4.34 Å². The number of carbonyl (C=O) groups excluding carboxylic acids is 3. The second-order valence-corrected chi connectivity index (χ2v) is 7.04. The SMILES string of the molecule is COC(CNC(=O)C(=O)Nc1cccc(NC(C)=O)c1)c1ccc(Cl)s1. The van der Waals surface area contributed by atoms with Gasteiger partial charge < -0.3 is 20.7 Å². The van der Waals surface area contributed by atoms with Crippen molar-refractivity contribution in [3.63, 3.8) is 0 Å². The number of ether oxygens (including phenoxy) is 1. The molecule has 1 aromatic heterocycles. The zero-order valence-electron chi connectivity index (χ0n) is 14.2. The van der Waals surface area contributed by atoms with Crippen LogP contribution >= 0.6 is 22.9 Å². The van der Waals surface area contributed by atoms with Gasteiger partial charge in [0.2, 0.25) is 5.91 Å². The smallest absolute Gasteiger partial charge is 0.313 e. The monoisotopic (exact) mass is 395 g/mol. The highest BCUT2D eigenvalue weighted by Gasteiger charge is 2.18. The quantitative estimate of drug-likeness (QED) is 0.655. The number of benzene rings is 1. The van der Waals surface area contributed by atoms with Crippen LogP contribution in [0.25, 0.3) is 0 Å². The Kier molecular flexibility index (Phi) is 7.14. The lowest BCUT2D eigenvalue weighted by Crippen LogP contribution is -2.37. The van der Waals surface area contributed by atoms with E-state index in [0.717, 1.165) is 4.88 Å². The molecule has 2 aromatic rings. The van der Waals surface area contributed by atoms with Gasteiger partial charge in [-0.1, -0.05) is 17.7 Å². The molecule has 0 bridgehead atoms. The Morgan fingerprint density at radius 1 is 1.12 bits per heavy atom. The maximum Gasteiger partial charge on any atom is 0.313 e. The molecule has 9 heteroatoms. The zero-order chi connectivity index (χ0) is 19.1. The molecule has 0 saturated heterocycles. The third-order valence-electron chi connectivity index (χ3n) is 3.29. The van der Waals surface area contributed by atoms with E-state index in [0.29, 0.717) is 15.7 Å². The Bertz CT molecular complexity index is 809. The second kappa shape index (κ2) is 9.33. The van der Waals surface area contributed by atoms with Crippen LogP contribution < -0.4 is 16.0 Å². The fourth-order valence-electron chi connectivity index (χ4n) is 2.13. The van der Waals surface area contributed by atoms with Crippen molar-refractivity contribution in [3.8, 4) is 0 Å². The van der Waals surface area contributed by atoms with E-state index < -0.39 is 17.9 Å². The molecule has 0 fully saturated rings. The van der Waals surface area contributed by atoms with Crippen LogP contribution in [0.3, 0.4) is 0 Å². The number of nitrogens with one attached hydrogen (secondary N) is 3. The summed E-state index contributed by atoms with van der Waals surface area (Å²) < 4.78 is 5.93. The van der Waals surface area contributed by atoms with Gasteiger partial charge in [0.25, 0.3) is 0 Å². The third kappa shape index (κ3) is 5.83. The molecule has 7 nitrogen and oxygen atoms in total. The normalized spacial score (nSPS) is 11.5. The van der Waals surface area contributed by atoms with Crippen molar-refractivity contribution in [2.75, 3.05) is 24.3 Å². The molecule has 0 aliphatic rings.